The molecule has 20 heavy (non-hydrogen) atoms. The summed E-state index contributed by atoms with van der Waals surface area (Å²) in [7, 11) is 0. The van der Waals surface area contributed by atoms with Crippen LogP contribution in [0.2, 0.25) is 0 Å². The van der Waals surface area contributed by atoms with Gasteiger partial charge in [0, 0.05) is 18.8 Å². The fourth-order valence-corrected chi connectivity index (χ4v) is 2.35. The van der Waals surface area contributed by atoms with Crippen LogP contribution in [-0.4, -0.2) is 29.7 Å². The largest absolute Gasteiger partial charge is 0.444 e. The molecule has 0 spiro atoms. The number of carbonyl (C=O) groups is 1. The Balaban J connectivity index is 1.72. The van der Waals surface area contributed by atoms with Gasteiger partial charge in [-0.25, -0.2) is 4.79 Å². The molecule has 1 aliphatic rings. The van der Waals surface area contributed by atoms with Crippen molar-refractivity contribution in [1.82, 2.24) is 4.90 Å². The summed E-state index contributed by atoms with van der Waals surface area (Å²) in [6, 6.07) is 7.97. The maximum atomic E-state index is 11.8. The number of aryl methyl sites for hydroxylation is 1. The Morgan fingerprint density at radius 1 is 1.35 bits per heavy atom. The van der Waals surface area contributed by atoms with Crippen molar-refractivity contribution in [2.45, 2.75) is 39.2 Å². The molecule has 110 valence electrons. The lowest BCUT2D eigenvalue weighted by Crippen LogP contribution is -2.51. The Hall–Kier alpha value is -1.71. The molecular formula is C16H24N2O2. The minimum Gasteiger partial charge on any atom is -0.444 e. The molecule has 0 unspecified atom stereocenters. The van der Waals surface area contributed by atoms with E-state index in [-0.39, 0.29) is 6.09 Å². The third-order valence-corrected chi connectivity index (χ3v) is 3.49. The predicted molar refractivity (Wildman–Crippen MR) is 80.5 cm³/mol. The van der Waals surface area contributed by atoms with E-state index < -0.39 is 5.60 Å². The Bertz CT molecular complexity index is 474. The summed E-state index contributed by atoms with van der Waals surface area (Å²) < 4.78 is 5.34. The molecule has 2 N–H and O–H groups in total. The SMILES string of the molecule is CC(C)(C)OC(=O)N1CC(CCc2ccccc2N)C1. The molecule has 1 amide bonds. The van der Waals surface area contributed by atoms with E-state index in [2.05, 4.69) is 6.07 Å². The molecule has 0 atom stereocenters. The van der Waals surface area contributed by atoms with Crippen molar-refractivity contribution in [1.29, 1.82) is 0 Å². The molecule has 1 saturated heterocycles. The smallest absolute Gasteiger partial charge is 0.410 e. The fraction of sp³-hybridized carbons (Fsp3) is 0.562. The zero-order chi connectivity index (χ0) is 14.8. The molecular weight excluding hydrogens is 252 g/mol. The highest BCUT2D eigenvalue weighted by atomic mass is 16.6. The zero-order valence-electron chi connectivity index (χ0n) is 12.6. The number of ether oxygens (including phenoxy) is 1. The third-order valence-electron chi connectivity index (χ3n) is 3.49. The number of nitrogen functional groups attached to an aromatic ring is 1. The maximum absolute atomic E-state index is 11.8. The van der Waals surface area contributed by atoms with Crippen LogP contribution < -0.4 is 5.73 Å². The van der Waals surface area contributed by atoms with Gasteiger partial charge >= 0.3 is 6.09 Å². The van der Waals surface area contributed by atoms with E-state index in [0.717, 1.165) is 31.6 Å². The average Bonchev–Trinajstić information content (AvgIpc) is 2.26. The van der Waals surface area contributed by atoms with Gasteiger partial charge in [0.05, 0.1) is 0 Å². The number of nitrogens with two attached hydrogens (primary N) is 1. The van der Waals surface area contributed by atoms with Crippen LogP contribution in [0.25, 0.3) is 0 Å². The summed E-state index contributed by atoms with van der Waals surface area (Å²) in [4.78, 5) is 13.6. The van der Waals surface area contributed by atoms with Crippen molar-refractivity contribution in [2.75, 3.05) is 18.8 Å². The van der Waals surface area contributed by atoms with Crippen LogP contribution in [0, 0.1) is 5.92 Å². The molecule has 1 fully saturated rings. The number of nitrogens with zero attached hydrogens (tertiary/aromatic N) is 1. The number of hydrogen-bond acceptors (Lipinski definition) is 3. The van der Waals surface area contributed by atoms with E-state index in [1.807, 2.05) is 39.0 Å². The van der Waals surface area contributed by atoms with E-state index in [9.17, 15) is 4.79 Å². The molecule has 0 saturated carbocycles. The first-order chi connectivity index (χ1) is 9.35. The van der Waals surface area contributed by atoms with Crippen molar-refractivity contribution in [2.24, 2.45) is 5.92 Å². The van der Waals surface area contributed by atoms with Gasteiger partial charge in [-0.05, 0) is 51.2 Å². The third kappa shape index (κ3) is 3.89. The van der Waals surface area contributed by atoms with E-state index in [1.165, 1.54) is 5.56 Å². The van der Waals surface area contributed by atoms with Crippen LogP contribution >= 0.6 is 0 Å². The van der Waals surface area contributed by atoms with Crippen LogP contribution in [0.1, 0.15) is 32.8 Å². The van der Waals surface area contributed by atoms with Crippen molar-refractivity contribution in [3.63, 3.8) is 0 Å². The molecule has 1 heterocycles. The van der Waals surface area contributed by atoms with Gasteiger partial charge in [-0.15, -0.1) is 0 Å². The number of carbonyl (C=O) groups excluding carboxylic acids is 1. The highest BCUT2D eigenvalue weighted by Crippen LogP contribution is 2.24. The number of amides is 1. The maximum Gasteiger partial charge on any atom is 0.410 e. The van der Waals surface area contributed by atoms with Gasteiger partial charge < -0.3 is 15.4 Å². The first kappa shape index (κ1) is 14.7. The Morgan fingerprint density at radius 3 is 2.60 bits per heavy atom. The van der Waals surface area contributed by atoms with E-state index in [4.69, 9.17) is 10.5 Å². The van der Waals surface area contributed by atoms with Gasteiger partial charge in [-0.1, -0.05) is 18.2 Å². The summed E-state index contributed by atoms with van der Waals surface area (Å²) in [5, 5.41) is 0. The van der Waals surface area contributed by atoms with Gasteiger partial charge in [0.2, 0.25) is 0 Å². The van der Waals surface area contributed by atoms with E-state index in [0.29, 0.717) is 5.92 Å². The molecule has 4 heteroatoms. The highest BCUT2D eigenvalue weighted by Gasteiger charge is 2.33. The number of likely N-dealkylation sites (tertiary alicyclic amines) is 1. The Kier molecular flexibility index (Phi) is 4.21. The van der Waals surface area contributed by atoms with Crippen molar-refractivity contribution < 1.29 is 9.53 Å². The summed E-state index contributed by atoms with van der Waals surface area (Å²) in [6.07, 6.45) is 1.83. The molecule has 1 aromatic carbocycles. The van der Waals surface area contributed by atoms with Crippen LogP contribution in [0.15, 0.2) is 24.3 Å². The van der Waals surface area contributed by atoms with Crippen molar-refractivity contribution >= 4 is 11.8 Å². The molecule has 0 radical (unpaired) electrons. The Labute approximate surface area is 120 Å². The quantitative estimate of drug-likeness (QED) is 0.863. The highest BCUT2D eigenvalue weighted by molar-refractivity contribution is 5.69. The second-order valence-electron chi connectivity index (χ2n) is 6.49. The average molecular weight is 276 g/mol. The number of hydrogen-bond donors (Lipinski definition) is 1. The predicted octanol–water partition coefficient (Wildman–Crippen LogP) is 3.07. The number of rotatable bonds is 3. The fourth-order valence-electron chi connectivity index (χ4n) is 2.35. The molecule has 4 nitrogen and oxygen atoms in total. The van der Waals surface area contributed by atoms with Crippen LogP contribution in [-0.2, 0) is 11.2 Å². The lowest BCUT2D eigenvalue weighted by atomic mass is 9.92. The van der Waals surface area contributed by atoms with E-state index >= 15 is 0 Å². The van der Waals surface area contributed by atoms with E-state index in [1.54, 1.807) is 4.90 Å². The standard InChI is InChI=1S/C16H24N2O2/c1-16(2,3)20-15(19)18-10-12(11-18)8-9-13-6-4-5-7-14(13)17/h4-7,12H,8-11,17H2,1-3H3. The summed E-state index contributed by atoms with van der Waals surface area (Å²) in [5.41, 5.74) is 7.57. The first-order valence-electron chi connectivity index (χ1n) is 7.16. The minimum absolute atomic E-state index is 0.201. The molecule has 1 aromatic rings. The lowest BCUT2D eigenvalue weighted by Gasteiger charge is -2.40. The lowest BCUT2D eigenvalue weighted by molar-refractivity contribution is -0.00202. The molecule has 0 aromatic heterocycles. The van der Waals surface area contributed by atoms with Gasteiger partial charge in [-0.3, -0.25) is 0 Å². The number of benzene rings is 1. The summed E-state index contributed by atoms with van der Waals surface area (Å²) in [5.74, 6) is 0.558. The van der Waals surface area contributed by atoms with Crippen LogP contribution in [0.3, 0.4) is 0 Å². The molecule has 1 aliphatic heterocycles. The molecule has 0 bridgehead atoms. The summed E-state index contributed by atoms with van der Waals surface area (Å²) in [6.45, 7) is 7.25. The van der Waals surface area contributed by atoms with Gasteiger partial charge in [0.1, 0.15) is 5.60 Å². The number of anilines is 1. The topological polar surface area (TPSA) is 55.6 Å². The van der Waals surface area contributed by atoms with Crippen LogP contribution in [0.5, 0.6) is 0 Å². The van der Waals surface area contributed by atoms with Gasteiger partial charge in [-0.2, -0.15) is 0 Å². The summed E-state index contributed by atoms with van der Waals surface area (Å²) >= 11 is 0. The number of para-hydroxylation sites is 1. The minimum atomic E-state index is -0.416. The van der Waals surface area contributed by atoms with Gasteiger partial charge in [0.15, 0.2) is 0 Å². The van der Waals surface area contributed by atoms with Crippen molar-refractivity contribution in [3.05, 3.63) is 29.8 Å². The first-order valence-corrected chi connectivity index (χ1v) is 7.16. The monoisotopic (exact) mass is 276 g/mol. The Morgan fingerprint density at radius 2 is 2.00 bits per heavy atom. The molecule has 0 aliphatic carbocycles. The van der Waals surface area contributed by atoms with Gasteiger partial charge in [0.25, 0.3) is 0 Å². The second kappa shape index (κ2) is 5.73. The second-order valence-corrected chi connectivity index (χ2v) is 6.49. The van der Waals surface area contributed by atoms with Crippen molar-refractivity contribution in [3.8, 4) is 0 Å². The molecule has 2 rings (SSSR count). The zero-order valence-corrected chi connectivity index (χ0v) is 12.6. The van der Waals surface area contributed by atoms with Crippen LogP contribution in [0.4, 0.5) is 10.5 Å². The normalized spacial score (nSPS) is 15.8.